The smallest absolute Gasteiger partial charge is 0.191 e. The molecule has 7 nitrogen and oxygen atoms in total. The first kappa shape index (κ1) is 27.2. The highest BCUT2D eigenvalue weighted by Gasteiger charge is 2.09. The molecule has 0 aliphatic carbocycles. The molecule has 8 heteroatoms. The maximum atomic E-state index is 5.96. The van der Waals surface area contributed by atoms with Crippen molar-refractivity contribution in [2.75, 3.05) is 59.7 Å². The first-order chi connectivity index (χ1) is 15.8. The molecule has 0 spiro atoms. The van der Waals surface area contributed by atoms with Crippen LogP contribution in [-0.4, -0.2) is 70.5 Å². The molecule has 0 radical (unpaired) electrons. The lowest BCUT2D eigenvalue weighted by molar-refractivity contribution is 0.0322. The lowest BCUT2D eigenvalue weighted by atomic mass is 10.1. The molecule has 2 aromatic rings. The number of hydrogen-bond donors (Lipinski definition) is 2. The number of hydrogen-bond acceptors (Lipinski definition) is 5. The number of benzene rings is 2. The summed E-state index contributed by atoms with van der Waals surface area (Å²) in [7, 11) is 1.68. The van der Waals surface area contributed by atoms with Crippen LogP contribution in [0.1, 0.15) is 18.1 Å². The molecule has 0 atom stereocenters. The van der Waals surface area contributed by atoms with Gasteiger partial charge < -0.3 is 24.8 Å². The molecular formula is C25H37IN4O3. The fourth-order valence-corrected chi connectivity index (χ4v) is 3.48. The van der Waals surface area contributed by atoms with Crippen molar-refractivity contribution in [3.05, 3.63) is 59.7 Å². The number of morpholine rings is 1. The van der Waals surface area contributed by atoms with E-state index in [2.05, 4.69) is 46.7 Å². The number of halogens is 1. The molecule has 2 aromatic carbocycles. The van der Waals surface area contributed by atoms with Crippen molar-refractivity contribution in [2.45, 2.75) is 19.9 Å². The van der Waals surface area contributed by atoms with Gasteiger partial charge in [0.15, 0.2) is 5.96 Å². The topological polar surface area (TPSA) is 67.4 Å². The van der Waals surface area contributed by atoms with Gasteiger partial charge in [-0.1, -0.05) is 24.3 Å². The Bertz CT molecular complexity index is 827. The third-order valence-electron chi connectivity index (χ3n) is 5.31. The zero-order chi connectivity index (χ0) is 22.4. The maximum absolute atomic E-state index is 5.96. The molecule has 33 heavy (non-hydrogen) atoms. The van der Waals surface area contributed by atoms with Crippen LogP contribution < -0.4 is 20.1 Å². The van der Waals surface area contributed by atoms with Crippen molar-refractivity contribution in [1.82, 2.24) is 15.5 Å². The van der Waals surface area contributed by atoms with Crippen molar-refractivity contribution in [2.24, 2.45) is 4.99 Å². The zero-order valence-corrected chi connectivity index (χ0v) is 22.0. The van der Waals surface area contributed by atoms with Crippen LogP contribution in [0.3, 0.4) is 0 Å². The molecule has 0 amide bonds. The molecule has 0 unspecified atom stereocenters. The van der Waals surface area contributed by atoms with Crippen molar-refractivity contribution in [3.63, 3.8) is 0 Å². The van der Waals surface area contributed by atoms with Gasteiger partial charge in [0.25, 0.3) is 0 Å². The second kappa shape index (κ2) is 15.7. The summed E-state index contributed by atoms with van der Waals surface area (Å²) in [6.45, 7) is 9.50. The molecule has 0 saturated carbocycles. The average Bonchev–Trinajstić information content (AvgIpc) is 2.84. The van der Waals surface area contributed by atoms with Crippen molar-refractivity contribution >= 4 is 29.9 Å². The number of ether oxygens (including phenoxy) is 3. The van der Waals surface area contributed by atoms with Gasteiger partial charge in [-0.15, -0.1) is 24.0 Å². The SMILES string of the molecule is CCNC(=NCc1cccc(OCCN2CCOCC2)c1)NCCc1ccc(OC)cc1.I. The Balaban J connectivity index is 0.00000385. The summed E-state index contributed by atoms with van der Waals surface area (Å²) in [5.74, 6) is 2.59. The first-order valence-electron chi connectivity index (χ1n) is 11.4. The van der Waals surface area contributed by atoms with Crippen molar-refractivity contribution in [1.29, 1.82) is 0 Å². The molecule has 1 heterocycles. The minimum absolute atomic E-state index is 0. The first-order valence-corrected chi connectivity index (χ1v) is 11.4. The van der Waals surface area contributed by atoms with E-state index in [4.69, 9.17) is 19.2 Å². The van der Waals surface area contributed by atoms with Crippen LogP contribution in [0.4, 0.5) is 0 Å². The highest BCUT2D eigenvalue weighted by atomic mass is 127. The van der Waals surface area contributed by atoms with Crippen molar-refractivity contribution < 1.29 is 14.2 Å². The Hall–Kier alpha value is -2.04. The number of guanidine groups is 1. The predicted molar refractivity (Wildman–Crippen MR) is 144 cm³/mol. The van der Waals surface area contributed by atoms with Gasteiger partial charge in [0.1, 0.15) is 18.1 Å². The van der Waals surface area contributed by atoms with E-state index in [9.17, 15) is 0 Å². The van der Waals surface area contributed by atoms with Crippen LogP contribution in [0.2, 0.25) is 0 Å². The lowest BCUT2D eigenvalue weighted by Crippen LogP contribution is -2.38. The van der Waals surface area contributed by atoms with Gasteiger partial charge in [-0.2, -0.15) is 0 Å². The number of aliphatic imine (C=N–C) groups is 1. The highest BCUT2D eigenvalue weighted by molar-refractivity contribution is 14.0. The van der Waals surface area contributed by atoms with Crippen LogP contribution in [0.15, 0.2) is 53.5 Å². The van der Waals surface area contributed by atoms with Crippen molar-refractivity contribution in [3.8, 4) is 11.5 Å². The number of rotatable bonds is 11. The third-order valence-corrected chi connectivity index (χ3v) is 5.31. The van der Waals surface area contributed by atoms with Gasteiger partial charge in [-0.3, -0.25) is 4.90 Å². The fourth-order valence-electron chi connectivity index (χ4n) is 3.48. The van der Waals surface area contributed by atoms with E-state index < -0.39 is 0 Å². The maximum Gasteiger partial charge on any atom is 0.191 e. The standard InChI is InChI=1S/C25H36N4O3.HI/c1-3-26-25(27-12-11-21-7-9-23(30-2)10-8-21)28-20-22-5-4-6-24(19-22)32-18-15-29-13-16-31-17-14-29;/h4-10,19H,3,11-18,20H2,1-2H3,(H2,26,27,28);1H. The molecule has 182 valence electrons. The molecule has 3 rings (SSSR count). The molecule has 0 bridgehead atoms. The lowest BCUT2D eigenvalue weighted by Gasteiger charge is -2.26. The number of methoxy groups -OCH3 is 1. The second-order valence-electron chi connectivity index (χ2n) is 7.67. The minimum atomic E-state index is 0. The number of nitrogens with one attached hydrogen (secondary N) is 2. The van der Waals surface area contributed by atoms with E-state index in [0.717, 1.165) is 75.4 Å². The molecular weight excluding hydrogens is 531 g/mol. The summed E-state index contributed by atoms with van der Waals surface area (Å²) >= 11 is 0. The Morgan fingerprint density at radius 3 is 2.55 bits per heavy atom. The van der Waals surface area contributed by atoms with Gasteiger partial charge in [0.05, 0.1) is 26.9 Å². The van der Waals surface area contributed by atoms with Crippen LogP contribution in [-0.2, 0) is 17.7 Å². The molecule has 0 aromatic heterocycles. The summed E-state index contributed by atoms with van der Waals surface area (Å²) < 4.78 is 16.6. The van der Waals surface area contributed by atoms with E-state index in [0.29, 0.717) is 13.2 Å². The average molecular weight is 569 g/mol. The second-order valence-corrected chi connectivity index (χ2v) is 7.67. The fraction of sp³-hybridized carbons (Fsp3) is 0.480. The summed E-state index contributed by atoms with van der Waals surface area (Å²) in [4.78, 5) is 7.11. The minimum Gasteiger partial charge on any atom is -0.497 e. The largest absolute Gasteiger partial charge is 0.497 e. The van der Waals surface area contributed by atoms with Gasteiger partial charge in [0, 0.05) is 32.7 Å². The quantitative estimate of drug-likeness (QED) is 0.247. The summed E-state index contributed by atoms with van der Waals surface area (Å²) in [5, 5.41) is 6.73. The van der Waals surface area contributed by atoms with Crippen LogP contribution >= 0.6 is 24.0 Å². The third kappa shape index (κ3) is 10.2. The summed E-state index contributed by atoms with van der Waals surface area (Å²) in [5.41, 5.74) is 2.39. The predicted octanol–water partition coefficient (Wildman–Crippen LogP) is 3.32. The van der Waals surface area contributed by atoms with E-state index >= 15 is 0 Å². The Morgan fingerprint density at radius 1 is 1.03 bits per heavy atom. The van der Waals surface area contributed by atoms with Gasteiger partial charge >= 0.3 is 0 Å². The van der Waals surface area contributed by atoms with Gasteiger partial charge in [-0.25, -0.2) is 4.99 Å². The molecule has 1 aliphatic heterocycles. The molecule has 1 fully saturated rings. The normalized spacial score (nSPS) is 14.3. The molecule has 2 N–H and O–H groups in total. The number of nitrogens with zero attached hydrogens (tertiary/aromatic N) is 2. The van der Waals surface area contributed by atoms with E-state index in [1.807, 2.05) is 24.3 Å². The molecule has 1 aliphatic rings. The van der Waals surface area contributed by atoms with Gasteiger partial charge in [-0.05, 0) is 48.7 Å². The summed E-state index contributed by atoms with van der Waals surface area (Å²) in [6, 6.07) is 16.4. The van der Waals surface area contributed by atoms with E-state index in [-0.39, 0.29) is 24.0 Å². The Kier molecular flexibility index (Phi) is 13.0. The zero-order valence-electron chi connectivity index (χ0n) is 19.7. The van der Waals surface area contributed by atoms with Crippen LogP contribution in [0.25, 0.3) is 0 Å². The highest BCUT2D eigenvalue weighted by Crippen LogP contribution is 2.14. The van der Waals surface area contributed by atoms with Crippen LogP contribution in [0, 0.1) is 0 Å². The Morgan fingerprint density at radius 2 is 1.82 bits per heavy atom. The summed E-state index contributed by atoms with van der Waals surface area (Å²) in [6.07, 6.45) is 0.918. The van der Waals surface area contributed by atoms with Crippen LogP contribution in [0.5, 0.6) is 11.5 Å². The Labute approximate surface area is 214 Å². The molecule has 1 saturated heterocycles. The van der Waals surface area contributed by atoms with E-state index in [1.54, 1.807) is 7.11 Å². The van der Waals surface area contributed by atoms with Gasteiger partial charge in [0.2, 0.25) is 0 Å². The van der Waals surface area contributed by atoms with E-state index in [1.165, 1.54) is 5.56 Å². The monoisotopic (exact) mass is 568 g/mol.